The van der Waals surface area contributed by atoms with Crippen molar-refractivity contribution in [3.8, 4) is 17.6 Å². The molecule has 8 nitrogen and oxygen atoms in total. The number of rotatable bonds is 11. The Hall–Kier alpha value is -2.55. The van der Waals surface area contributed by atoms with Gasteiger partial charge in [0, 0.05) is 0 Å². The summed E-state index contributed by atoms with van der Waals surface area (Å²) in [6.07, 6.45) is 3.30. The summed E-state index contributed by atoms with van der Waals surface area (Å²) < 4.78 is 43.9. The Labute approximate surface area is 159 Å². The van der Waals surface area contributed by atoms with Crippen LogP contribution in [0.5, 0.6) is 17.6 Å². The Morgan fingerprint density at radius 2 is 1.70 bits per heavy atom. The van der Waals surface area contributed by atoms with E-state index in [4.69, 9.17) is 14.2 Å². The smallest absolute Gasteiger partial charge is 0.319 e. The lowest BCUT2D eigenvalue weighted by atomic mass is 10.3. The number of nitrogens with one attached hydrogen (secondary N) is 1. The average molecular weight is 395 g/mol. The van der Waals surface area contributed by atoms with Crippen LogP contribution in [-0.2, 0) is 10.0 Å². The highest BCUT2D eigenvalue weighted by Crippen LogP contribution is 2.26. The Morgan fingerprint density at radius 1 is 1.00 bits per heavy atom. The number of aromatic nitrogens is 2. The average Bonchev–Trinajstić information content (AvgIpc) is 2.65. The van der Waals surface area contributed by atoms with Gasteiger partial charge in [-0.2, -0.15) is 4.98 Å². The van der Waals surface area contributed by atoms with Gasteiger partial charge in [0.15, 0.2) is 0 Å². The van der Waals surface area contributed by atoms with Crippen molar-refractivity contribution in [2.24, 2.45) is 0 Å². The molecule has 1 N–H and O–H groups in total. The Bertz CT molecular complexity index is 825. The van der Waals surface area contributed by atoms with Gasteiger partial charge in [0.05, 0.1) is 30.9 Å². The third-order valence-corrected chi connectivity index (χ3v) is 4.81. The van der Waals surface area contributed by atoms with Crippen LogP contribution >= 0.6 is 0 Å². The van der Waals surface area contributed by atoms with E-state index in [1.165, 1.54) is 18.3 Å². The zero-order valence-corrected chi connectivity index (χ0v) is 16.6. The molecule has 1 heterocycles. The zero-order chi connectivity index (χ0) is 19.7. The van der Waals surface area contributed by atoms with E-state index >= 15 is 0 Å². The molecule has 0 amide bonds. The lowest BCUT2D eigenvalue weighted by Gasteiger charge is -2.13. The standard InChI is InChI=1S/C18H25N3O5S/c1-4-7-12-26-14-8-10-15(11-9-14)27(22,23)21-16-13-19-18(25-6-3)20-17(16)24-5-2/h8-11,13,21H,4-7,12H2,1-3H3. The summed E-state index contributed by atoms with van der Waals surface area (Å²) in [6, 6.07) is 6.35. The maximum atomic E-state index is 12.6. The lowest BCUT2D eigenvalue weighted by Crippen LogP contribution is -2.15. The Kier molecular flexibility index (Phi) is 7.66. The van der Waals surface area contributed by atoms with Crippen LogP contribution in [-0.4, -0.2) is 38.2 Å². The van der Waals surface area contributed by atoms with Gasteiger partial charge in [-0.15, -0.1) is 0 Å². The molecule has 27 heavy (non-hydrogen) atoms. The number of unbranched alkanes of at least 4 members (excludes halogenated alkanes) is 1. The van der Waals surface area contributed by atoms with Crippen molar-refractivity contribution in [1.29, 1.82) is 0 Å². The van der Waals surface area contributed by atoms with Crippen LogP contribution in [0.3, 0.4) is 0 Å². The lowest BCUT2D eigenvalue weighted by molar-refractivity contribution is 0.290. The SMILES string of the molecule is CCCCOc1ccc(S(=O)(=O)Nc2cnc(OCC)nc2OCC)cc1. The van der Waals surface area contributed by atoms with Crippen molar-refractivity contribution in [2.75, 3.05) is 24.5 Å². The van der Waals surface area contributed by atoms with Crippen LogP contribution in [0.15, 0.2) is 35.4 Å². The van der Waals surface area contributed by atoms with Crippen LogP contribution in [0, 0.1) is 0 Å². The van der Waals surface area contributed by atoms with Crippen molar-refractivity contribution < 1.29 is 22.6 Å². The van der Waals surface area contributed by atoms with E-state index in [-0.39, 0.29) is 22.5 Å². The molecular weight excluding hydrogens is 370 g/mol. The van der Waals surface area contributed by atoms with Crippen molar-refractivity contribution >= 4 is 15.7 Å². The van der Waals surface area contributed by atoms with Gasteiger partial charge in [-0.05, 0) is 44.5 Å². The molecule has 0 aliphatic carbocycles. The van der Waals surface area contributed by atoms with E-state index in [1.54, 1.807) is 26.0 Å². The van der Waals surface area contributed by atoms with Gasteiger partial charge in [-0.3, -0.25) is 4.72 Å². The van der Waals surface area contributed by atoms with Crippen LogP contribution in [0.2, 0.25) is 0 Å². The minimum atomic E-state index is -3.83. The molecule has 2 aromatic rings. The number of nitrogens with zero attached hydrogens (tertiary/aromatic N) is 2. The van der Waals surface area contributed by atoms with Crippen molar-refractivity contribution in [2.45, 2.75) is 38.5 Å². The molecule has 0 unspecified atom stereocenters. The van der Waals surface area contributed by atoms with Crippen molar-refractivity contribution in [3.05, 3.63) is 30.5 Å². The van der Waals surface area contributed by atoms with Crippen LogP contribution in [0.1, 0.15) is 33.6 Å². The summed E-state index contributed by atoms with van der Waals surface area (Å²) in [5.41, 5.74) is 0.142. The van der Waals surface area contributed by atoms with E-state index < -0.39 is 10.0 Å². The predicted molar refractivity (Wildman–Crippen MR) is 102 cm³/mol. The van der Waals surface area contributed by atoms with Crippen LogP contribution in [0.4, 0.5) is 5.69 Å². The maximum Gasteiger partial charge on any atom is 0.319 e. The van der Waals surface area contributed by atoms with Gasteiger partial charge in [-0.25, -0.2) is 13.4 Å². The minimum Gasteiger partial charge on any atom is -0.494 e. The quantitative estimate of drug-likeness (QED) is 0.583. The highest BCUT2D eigenvalue weighted by Gasteiger charge is 2.19. The first-order chi connectivity index (χ1) is 13.0. The number of sulfonamides is 1. The number of anilines is 1. The molecule has 0 fully saturated rings. The van der Waals surface area contributed by atoms with Gasteiger partial charge < -0.3 is 14.2 Å². The van der Waals surface area contributed by atoms with E-state index in [1.807, 2.05) is 0 Å². The van der Waals surface area contributed by atoms with E-state index in [0.717, 1.165) is 12.8 Å². The Morgan fingerprint density at radius 3 is 2.33 bits per heavy atom. The molecule has 1 aromatic heterocycles. The van der Waals surface area contributed by atoms with Gasteiger partial charge in [0.2, 0.25) is 5.88 Å². The number of benzene rings is 1. The summed E-state index contributed by atoms with van der Waals surface area (Å²) >= 11 is 0. The third-order valence-electron chi connectivity index (χ3n) is 3.43. The predicted octanol–water partition coefficient (Wildman–Crippen LogP) is 3.25. The molecule has 1 aromatic carbocycles. The molecule has 2 rings (SSSR count). The fourth-order valence-electron chi connectivity index (χ4n) is 2.12. The van der Waals surface area contributed by atoms with Gasteiger partial charge in [0.1, 0.15) is 11.4 Å². The normalized spacial score (nSPS) is 11.1. The monoisotopic (exact) mass is 395 g/mol. The second-order valence-electron chi connectivity index (χ2n) is 5.52. The third kappa shape index (κ3) is 5.99. The molecule has 148 valence electrons. The fraction of sp³-hybridized carbons (Fsp3) is 0.444. The first-order valence-corrected chi connectivity index (χ1v) is 10.4. The molecule has 0 aliphatic rings. The molecule has 0 aliphatic heterocycles. The van der Waals surface area contributed by atoms with E-state index in [2.05, 4.69) is 21.6 Å². The second kappa shape index (κ2) is 9.96. The molecule has 0 saturated heterocycles. The zero-order valence-electron chi connectivity index (χ0n) is 15.8. The molecule has 0 radical (unpaired) electrons. The molecule has 9 heteroatoms. The molecule has 0 saturated carbocycles. The van der Waals surface area contributed by atoms with E-state index in [0.29, 0.717) is 25.6 Å². The minimum absolute atomic E-state index is 0.0988. The summed E-state index contributed by atoms with van der Waals surface area (Å²) in [5.74, 6) is 0.737. The van der Waals surface area contributed by atoms with E-state index in [9.17, 15) is 8.42 Å². The van der Waals surface area contributed by atoms with Gasteiger partial charge in [-0.1, -0.05) is 13.3 Å². The summed E-state index contributed by atoms with van der Waals surface area (Å²) in [5, 5.41) is 0. The molecule has 0 spiro atoms. The highest BCUT2D eigenvalue weighted by atomic mass is 32.2. The van der Waals surface area contributed by atoms with Crippen LogP contribution in [0.25, 0.3) is 0 Å². The summed E-state index contributed by atoms with van der Waals surface area (Å²) in [6.45, 7) is 6.96. The summed E-state index contributed by atoms with van der Waals surface area (Å²) in [7, 11) is -3.83. The maximum absolute atomic E-state index is 12.6. The number of hydrogen-bond acceptors (Lipinski definition) is 7. The van der Waals surface area contributed by atoms with Crippen LogP contribution < -0.4 is 18.9 Å². The Balaban J connectivity index is 2.17. The number of ether oxygens (including phenoxy) is 3. The number of hydrogen-bond donors (Lipinski definition) is 1. The largest absolute Gasteiger partial charge is 0.494 e. The molecular formula is C18H25N3O5S. The summed E-state index contributed by atoms with van der Waals surface area (Å²) in [4.78, 5) is 8.17. The van der Waals surface area contributed by atoms with Gasteiger partial charge in [0.25, 0.3) is 10.0 Å². The van der Waals surface area contributed by atoms with Crippen molar-refractivity contribution in [3.63, 3.8) is 0 Å². The highest BCUT2D eigenvalue weighted by molar-refractivity contribution is 7.92. The molecule has 0 bridgehead atoms. The van der Waals surface area contributed by atoms with Crippen molar-refractivity contribution in [1.82, 2.24) is 9.97 Å². The first kappa shape index (κ1) is 20.8. The first-order valence-electron chi connectivity index (χ1n) is 8.88. The topological polar surface area (TPSA) is 99.6 Å². The second-order valence-corrected chi connectivity index (χ2v) is 7.20. The molecule has 0 atom stereocenters. The fourth-order valence-corrected chi connectivity index (χ4v) is 3.16. The van der Waals surface area contributed by atoms with Gasteiger partial charge >= 0.3 is 6.01 Å².